The van der Waals surface area contributed by atoms with Gasteiger partial charge in [-0.25, -0.2) is 4.39 Å². The summed E-state index contributed by atoms with van der Waals surface area (Å²) in [6.07, 6.45) is 0.520. The molecule has 3 aromatic rings. The van der Waals surface area contributed by atoms with E-state index in [-0.39, 0.29) is 11.9 Å². The van der Waals surface area contributed by atoms with Crippen molar-refractivity contribution in [2.24, 2.45) is 5.73 Å². The predicted molar refractivity (Wildman–Crippen MR) is 74.6 cm³/mol. The second-order valence-corrected chi connectivity index (χ2v) is 4.83. The van der Waals surface area contributed by atoms with Crippen LogP contribution in [0.3, 0.4) is 0 Å². The van der Waals surface area contributed by atoms with E-state index in [2.05, 4.69) is 10.1 Å². The van der Waals surface area contributed by atoms with Gasteiger partial charge in [-0.2, -0.15) is 4.98 Å². The van der Waals surface area contributed by atoms with E-state index >= 15 is 0 Å². The fraction of sp³-hybridized carbons (Fsp3) is 0.200. The summed E-state index contributed by atoms with van der Waals surface area (Å²) in [6, 6.07) is 10.3. The molecule has 0 saturated heterocycles. The Morgan fingerprint density at radius 1 is 1.20 bits per heavy atom. The Bertz CT molecular complexity index is 752. The molecular formula is C15H14FN3O. The third kappa shape index (κ3) is 2.28. The van der Waals surface area contributed by atoms with Gasteiger partial charge in [0.15, 0.2) is 0 Å². The predicted octanol–water partition coefficient (Wildman–Crippen LogP) is 2.92. The van der Waals surface area contributed by atoms with Crippen LogP contribution in [0.5, 0.6) is 0 Å². The van der Waals surface area contributed by atoms with Crippen LogP contribution in [-0.4, -0.2) is 16.2 Å². The maximum atomic E-state index is 13.8. The van der Waals surface area contributed by atoms with Gasteiger partial charge >= 0.3 is 0 Å². The zero-order chi connectivity index (χ0) is 14.1. The first-order valence-corrected chi connectivity index (χ1v) is 6.41. The van der Waals surface area contributed by atoms with Gasteiger partial charge in [-0.15, -0.1) is 0 Å². The van der Waals surface area contributed by atoms with Gasteiger partial charge < -0.3 is 10.3 Å². The largest absolute Gasteiger partial charge is 0.339 e. The van der Waals surface area contributed by atoms with Crippen molar-refractivity contribution >= 4 is 10.8 Å². The molecule has 4 nitrogen and oxygen atoms in total. The van der Waals surface area contributed by atoms with Gasteiger partial charge in [0.2, 0.25) is 11.7 Å². The lowest BCUT2D eigenvalue weighted by molar-refractivity contribution is 0.372. The van der Waals surface area contributed by atoms with Crippen molar-refractivity contribution in [2.75, 3.05) is 0 Å². The number of hydrogen-bond acceptors (Lipinski definition) is 4. The van der Waals surface area contributed by atoms with E-state index in [1.54, 1.807) is 18.2 Å². The zero-order valence-electron chi connectivity index (χ0n) is 11.0. The Labute approximate surface area is 115 Å². The number of aromatic nitrogens is 2. The van der Waals surface area contributed by atoms with Gasteiger partial charge in [-0.1, -0.05) is 29.4 Å². The van der Waals surface area contributed by atoms with Gasteiger partial charge in [0.1, 0.15) is 5.82 Å². The summed E-state index contributed by atoms with van der Waals surface area (Å²) in [6.45, 7) is 1.87. The molecule has 3 rings (SSSR count). The van der Waals surface area contributed by atoms with E-state index in [9.17, 15) is 4.39 Å². The molecule has 0 amide bonds. The first kappa shape index (κ1) is 12.7. The van der Waals surface area contributed by atoms with Crippen LogP contribution in [-0.2, 0) is 6.42 Å². The number of hydrogen-bond donors (Lipinski definition) is 1. The summed E-state index contributed by atoms with van der Waals surface area (Å²) in [5.74, 6) is 0.684. The molecule has 5 heteroatoms. The molecule has 20 heavy (non-hydrogen) atoms. The molecule has 0 aliphatic heterocycles. The van der Waals surface area contributed by atoms with Crippen molar-refractivity contribution in [1.29, 1.82) is 0 Å². The Kier molecular flexibility index (Phi) is 3.20. The lowest BCUT2D eigenvalue weighted by Crippen LogP contribution is -2.17. The van der Waals surface area contributed by atoms with Gasteiger partial charge in [0, 0.05) is 23.4 Å². The van der Waals surface area contributed by atoms with Crippen molar-refractivity contribution in [3.8, 4) is 11.4 Å². The van der Waals surface area contributed by atoms with Crippen LogP contribution in [0.4, 0.5) is 4.39 Å². The van der Waals surface area contributed by atoms with Crippen molar-refractivity contribution in [3.05, 3.63) is 48.1 Å². The molecule has 1 unspecified atom stereocenters. The smallest absolute Gasteiger partial charge is 0.228 e. The lowest BCUT2D eigenvalue weighted by atomic mass is 10.0. The molecule has 1 aromatic heterocycles. The summed E-state index contributed by atoms with van der Waals surface area (Å²) in [5.41, 5.74) is 6.46. The summed E-state index contributed by atoms with van der Waals surface area (Å²) < 4.78 is 19.0. The minimum atomic E-state index is -0.261. The number of fused-ring (bicyclic) bond motifs is 1. The topological polar surface area (TPSA) is 64.9 Å². The van der Waals surface area contributed by atoms with Crippen LogP contribution in [0.1, 0.15) is 12.8 Å². The molecule has 0 spiro atoms. The summed E-state index contributed by atoms with van der Waals surface area (Å²) in [7, 11) is 0. The van der Waals surface area contributed by atoms with E-state index in [0.717, 1.165) is 10.9 Å². The van der Waals surface area contributed by atoms with Crippen LogP contribution in [0.2, 0.25) is 0 Å². The fourth-order valence-corrected chi connectivity index (χ4v) is 2.18. The third-order valence-electron chi connectivity index (χ3n) is 3.08. The van der Waals surface area contributed by atoms with Crippen molar-refractivity contribution in [3.63, 3.8) is 0 Å². The molecule has 1 atom stereocenters. The van der Waals surface area contributed by atoms with Crippen LogP contribution >= 0.6 is 0 Å². The van der Waals surface area contributed by atoms with E-state index in [1.807, 2.05) is 19.1 Å². The average molecular weight is 271 g/mol. The maximum Gasteiger partial charge on any atom is 0.228 e. The molecule has 0 radical (unpaired) electrons. The number of rotatable bonds is 3. The highest BCUT2D eigenvalue weighted by molar-refractivity contribution is 5.95. The van der Waals surface area contributed by atoms with Crippen LogP contribution in [0.25, 0.3) is 22.2 Å². The van der Waals surface area contributed by atoms with Crippen LogP contribution < -0.4 is 5.73 Å². The van der Waals surface area contributed by atoms with Gasteiger partial charge in [0.25, 0.3) is 0 Å². The molecule has 0 saturated carbocycles. The maximum absolute atomic E-state index is 13.8. The Morgan fingerprint density at radius 3 is 2.70 bits per heavy atom. The number of benzene rings is 2. The Hall–Kier alpha value is -2.27. The molecule has 0 aliphatic rings. The molecule has 1 heterocycles. The number of nitrogens with two attached hydrogens (primary N) is 1. The highest BCUT2D eigenvalue weighted by Gasteiger charge is 2.14. The second kappa shape index (κ2) is 5.02. The number of halogens is 1. The third-order valence-corrected chi connectivity index (χ3v) is 3.08. The van der Waals surface area contributed by atoms with Crippen LogP contribution in [0.15, 0.2) is 40.9 Å². The van der Waals surface area contributed by atoms with Crippen molar-refractivity contribution in [1.82, 2.24) is 10.1 Å². The first-order chi connectivity index (χ1) is 9.65. The normalized spacial score (nSPS) is 12.8. The monoisotopic (exact) mass is 271 g/mol. The van der Waals surface area contributed by atoms with E-state index in [1.165, 1.54) is 6.07 Å². The average Bonchev–Trinajstić information content (AvgIpc) is 2.87. The Balaban J connectivity index is 2.10. The molecule has 2 aromatic carbocycles. The Morgan fingerprint density at radius 2 is 1.95 bits per heavy atom. The minimum Gasteiger partial charge on any atom is -0.339 e. The minimum absolute atomic E-state index is 0.0479. The standard InChI is InChI=1S/C15H14FN3O/c1-9(17)8-14-18-15(19-20-14)12-6-7-13(16)11-5-3-2-4-10(11)12/h2-7,9H,8,17H2,1H3. The van der Waals surface area contributed by atoms with Crippen molar-refractivity contribution in [2.45, 2.75) is 19.4 Å². The SMILES string of the molecule is CC(N)Cc1nc(-c2ccc(F)c3ccccc23)no1. The number of nitrogens with zero attached hydrogens (tertiary/aromatic N) is 2. The molecule has 102 valence electrons. The molecular weight excluding hydrogens is 257 g/mol. The van der Waals surface area contributed by atoms with Crippen molar-refractivity contribution < 1.29 is 8.91 Å². The van der Waals surface area contributed by atoms with Gasteiger partial charge in [0.05, 0.1) is 0 Å². The molecule has 0 fully saturated rings. The van der Waals surface area contributed by atoms with E-state index < -0.39 is 0 Å². The molecule has 2 N–H and O–H groups in total. The van der Waals surface area contributed by atoms with Crippen LogP contribution in [0, 0.1) is 5.82 Å². The summed E-state index contributed by atoms with van der Waals surface area (Å²) in [5, 5.41) is 5.26. The van der Waals surface area contributed by atoms with Gasteiger partial charge in [-0.05, 0) is 24.4 Å². The second-order valence-electron chi connectivity index (χ2n) is 4.83. The zero-order valence-corrected chi connectivity index (χ0v) is 11.0. The first-order valence-electron chi connectivity index (χ1n) is 6.41. The fourth-order valence-electron chi connectivity index (χ4n) is 2.18. The summed E-state index contributed by atoms with van der Waals surface area (Å²) in [4.78, 5) is 4.32. The lowest BCUT2D eigenvalue weighted by Gasteiger charge is -2.03. The highest BCUT2D eigenvalue weighted by atomic mass is 19.1. The highest BCUT2D eigenvalue weighted by Crippen LogP contribution is 2.28. The molecule has 0 aliphatic carbocycles. The summed E-state index contributed by atoms with van der Waals surface area (Å²) >= 11 is 0. The van der Waals surface area contributed by atoms with Gasteiger partial charge in [-0.3, -0.25) is 0 Å². The molecule has 0 bridgehead atoms. The van der Waals surface area contributed by atoms with E-state index in [0.29, 0.717) is 23.5 Å². The quantitative estimate of drug-likeness (QED) is 0.795. The van der Waals surface area contributed by atoms with E-state index in [4.69, 9.17) is 10.3 Å².